The molecular weight excluding hydrogens is 410 g/mol. The van der Waals surface area contributed by atoms with E-state index < -0.39 is 21.8 Å². The smallest absolute Gasteiger partial charge is 0.262 e. The van der Waals surface area contributed by atoms with Crippen LogP contribution in [0.2, 0.25) is 0 Å². The minimum Gasteiger partial charge on any atom is -0.484 e. The molecule has 3 rings (SSSR count). The molecule has 0 radical (unpaired) electrons. The third-order valence-electron chi connectivity index (χ3n) is 4.58. The lowest BCUT2D eigenvalue weighted by Crippen LogP contribution is -2.40. The van der Waals surface area contributed by atoms with E-state index in [2.05, 4.69) is 5.32 Å². The Hall–Kier alpha value is -2.95. The molecule has 160 valence electrons. The SMILES string of the molecule is Cc1ccc(S(=O)(=O)N2CCOCC2)cc1NC(=O)COc1cccc(C(N)=O)c1. The Bertz CT molecular complexity index is 1050. The van der Waals surface area contributed by atoms with E-state index in [1.165, 1.54) is 22.5 Å². The van der Waals surface area contributed by atoms with Crippen LogP contribution < -0.4 is 15.8 Å². The number of nitrogens with zero attached hydrogens (tertiary/aromatic N) is 1. The Kier molecular flexibility index (Phi) is 6.70. The van der Waals surface area contributed by atoms with Crippen molar-refractivity contribution in [3.63, 3.8) is 0 Å². The number of amides is 2. The molecule has 2 aromatic rings. The van der Waals surface area contributed by atoms with Crippen LogP contribution in [0, 0.1) is 6.92 Å². The van der Waals surface area contributed by atoms with E-state index in [0.717, 1.165) is 0 Å². The van der Waals surface area contributed by atoms with Crippen LogP contribution in [0.15, 0.2) is 47.4 Å². The maximum atomic E-state index is 12.8. The van der Waals surface area contributed by atoms with E-state index >= 15 is 0 Å². The van der Waals surface area contributed by atoms with Crippen LogP contribution >= 0.6 is 0 Å². The average molecular weight is 433 g/mol. The van der Waals surface area contributed by atoms with Gasteiger partial charge >= 0.3 is 0 Å². The van der Waals surface area contributed by atoms with Crippen molar-refractivity contribution in [3.8, 4) is 5.75 Å². The quantitative estimate of drug-likeness (QED) is 0.674. The van der Waals surface area contributed by atoms with E-state index in [1.807, 2.05) is 0 Å². The summed E-state index contributed by atoms with van der Waals surface area (Å²) in [5.74, 6) is -0.746. The normalized spacial score (nSPS) is 14.8. The molecule has 0 bridgehead atoms. The second-order valence-corrected chi connectivity index (χ2v) is 8.66. The van der Waals surface area contributed by atoms with Gasteiger partial charge in [-0.3, -0.25) is 9.59 Å². The molecule has 9 nitrogen and oxygen atoms in total. The molecule has 30 heavy (non-hydrogen) atoms. The number of benzene rings is 2. The Labute approximate surface area is 174 Å². The van der Waals surface area contributed by atoms with Gasteiger partial charge < -0.3 is 20.5 Å². The number of carbonyl (C=O) groups is 2. The van der Waals surface area contributed by atoms with Crippen molar-refractivity contribution in [2.24, 2.45) is 5.73 Å². The Morgan fingerprint density at radius 3 is 2.60 bits per heavy atom. The summed E-state index contributed by atoms with van der Waals surface area (Å²) in [6, 6.07) is 10.8. The standard InChI is InChI=1S/C20H23N3O6S/c1-14-5-6-17(30(26,27)23-7-9-28-10-8-23)12-18(14)22-19(24)13-29-16-4-2-3-15(11-16)20(21)25/h2-6,11-12H,7-10,13H2,1H3,(H2,21,25)(H,22,24). The molecule has 0 atom stereocenters. The van der Waals surface area contributed by atoms with Crippen molar-refractivity contribution in [2.75, 3.05) is 38.2 Å². The molecule has 1 heterocycles. The molecule has 1 aliphatic rings. The fourth-order valence-electron chi connectivity index (χ4n) is 2.91. The number of carbonyl (C=O) groups excluding carboxylic acids is 2. The predicted octanol–water partition coefficient (Wildman–Crippen LogP) is 1.13. The third-order valence-corrected chi connectivity index (χ3v) is 6.47. The highest BCUT2D eigenvalue weighted by molar-refractivity contribution is 7.89. The Balaban J connectivity index is 1.68. The number of anilines is 1. The van der Waals surface area contributed by atoms with Crippen LogP contribution in [0.5, 0.6) is 5.75 Å². The maximum Gasteiger partial charge on any atom is 0.262 e. The van der Waals surface area contributed by atoms with Crippen molar-refractivity contribution in [1.82, 2.24) is 4.31 Å². The fourth-order valence-corrected chi connectivity index (χ4v) is 4.34. The molecule has 2 amide bonds. The molecule has 10 heteroatoms. The van der Waals surface area contributed by atoms with Crippen LogP contribution in [0.3, 0.4) is 0 Å². The highest BCUT2D eigenvalue weighted by atomic mass is 32.2. The summed E-state index contributed by atoms with van der Waals surface area (Å²) >= 11 is 0. The number of sulfonamides is 1. The average Bonchev–Trinajstić information content (AvgIpc) is 2.74. The molecule has 0 unspecified atom stereocenters. The largest absolute Gasteiger partial charge is 0.484 e. The molecular formula is C20H23N3O6S. The van der Waals surface area contributed by atoms with E-state index in [1.54, 1.807) is 31.2 Å². The van der Waals surface area contributed by atoms with Gasteiger partial charge in [-0.25, -0.2) is 8.42 Å². The summed E-state index contributed by atoms with van der Waals surface area (Å²) in [6.45, 7) is 2.72. The van der Waals surface area contributed by atoms with Gasteiger partial charge in [-0.15, -0.1) is 0 Å². The molecule has 1 aliphatic heterocycles. The number of ether oxygens (including phenoxy) is 2. The fraction of sp³-hybridized carbons (Fsp3) is 0.300. The van der Waals surface area contributed by atoms with Crippen molar-refractivity contribution < 1.29 is 27.5 Å². The number of hydrogen-bond donors (Lipinski definition) is 2. The van der Waals surface area contributed by atoms with Crippen LogP contribution in [0.4, 0.5) is 5.69 Å². The number of nitrogens with one attached hydrogen (secondary N) is 1. The highest BCUT2D eigenvalue weighted by Gasteiger charge is 2.26. The first kappa shape index (κ1) is 21.8. The highest BCUT2D eigenvalue weighted by Crippen LogP contribution is 2.24. The van der Waals surface area contributed by atoms with Crippen LogP contribution in [0.25, 0.3) is 0 Å². The predicted molar refractivity (Wildman–Crippen MR) is 110 cm³/mol. The van der Waals surface area contributed by atoms with Crippen LogP contribution in [-0.4, -0.2) is 57.4 Å². The zero-order valence-electron chi connectivity index (χ0n) is 16.5. The van der Waals surface area contributed by atoms with Gasteiger partial charge in [-0.05, 0) is 42.8 Å². The number of aryl methyl sites for hydroxylation is 1. The summed E-state index contributed by atoms with van der Waals surface area (Å²) in [4.78, 5) is 23.6. The molecule has 0 aromatic heterocycles. The number of nitrogens with two attached hydrogens (primary N) is 1. The molecule has 3 N–H and O–H groups in total. The van der Waals surface area contributed by atoms with Gasteiger partial charge in [0.15, 0.2) is 6.61 Å². The molecule has 0 aliphatic carbocycles. The van der Waals surface area contributed by atoms with Gasteiger partial charge in [0, 0.05) is 24.3 Å². The van der Waals surface area contributed by atoms with Gasteiger partial charge in [0.05, 0.1) is 18.1 Å². The van der Waals surface area contributed by atoms with Gasteiger partial charge in [-0.2, -0.15) is 4.31 Å². The van der Waals surface area contributed by atoms with Crippen molar-refractivity contribution in [1.29, 1.82) is 0 Å². The number of morpholine rings is 1. The molecule has 0 spiro atoms. The summed E-state index contributed by atoms with van der Waals surface area (Å²) in [5, 5.41) is 2.67. The number of rotatable bonds is 7. The van der Waals surface area contributed by atoms with Gasteiger partial charge in [-0.1, -0.05) is 12.1 Å². The number of primary amides is 1. The first-order valence-corrected chi connectivity index (χ1v) is 10.7. The zero-order chi connectivity index (χ0) is 21.7. The monoisotopic (exact) mass is 433 g/mol. The van der Waals surface area contributed by atoms with E-state index in [4.69, 9.17) is 15.2 Å². The van der Waals surface area contributed by atoms with E-state index in [9.17, 15) is 18.0 Å². The van der Waals surface area contributed by atoms with Gasteiger partial charge in [0.2, 0.25) is 15.9 Å². The third kappa shape index (κ3) is 5.15. The lowest BCUT2D eigenvalue weighted by atomic mass is 10.2. The van der Waals surface area contributed by atoms with E-state index in [-0.39, 0.29) is 30.2 Å². The van der Waals surface area contributed by atoms with E-state index in [0.29, 0.717) is 30.2 Å². The summed E-state index contributed by atoms with van der Waals surface area (Å²) < 4.78 is 37.6. The Morgan fingerprint density at radius 1 is 1.17 bits per heavy atom. The minimum absolute atomic E-state index is 0.0976. The molecule has 1 fully saturated rings. The van der Waals surface area contributed by atoms with Crippen molar-refractivity contribution in [3.05, 3.63) is 53.6 Å². The number of hydrogen-bond acceptors (Lipinski definition) is 6. The lowest BCUT2D eigenvalue weighted by molar-refractivity contribution is -0.118. The first-order chi connectivity index (χ1) is 14.3. The van der Waals surface area contributed by atoms with Gasteiger partial charge in [0.25, 0.3) is 5.91 Å². The topological polar surface area (TPSA) is 128 Å². The zero-order valence-corrected chi connectivity index (χ0v) is 17.3. The second kappa shape index (κ2) is 9.24. The lowest BCUT2D eigenvalue weighted by Gasteiger charge is -2.26. The maximum absolute atomic E-state index is 12.8. The molecule has 1 saturated heterocycles. The summed E-state index contributed by atoms with van der Waals surface area (Å²) in [6.07, 6.45) is 0. The summed E-state index contributed by atoms with van der Waals surface area (Å²) in [5.41, 5.74) is 6.58. The molecule has 2 aromatic carbocycles. The van der Waals surface area contributed by atoms with Crippen molar-refractivity contribution in [2.45, 2.75) is 11.8 Å². The van der Waals surface area contributed by atoms with Crippen molar-refractivity contribution >= 4 is 27.5 Å². The first-order valence-electron chi connectivity index (χ1n) is 9.28. The van der Waals surface area contributed by atoms with Crippen LogP contribution in [-0.2, 0) is 19.6 Å². The van der Waals surface area contributed by atoms with Gasteiger partial charge in [0.1, 0.15) is 5.75 Å². The summed E-state index contributed by atoms with van der Waals surface area (Å²) in [7, 11) is -3.68. The Morgan fingerprint density at radius 2 is 1.90 bits per heavy atom. The molecule has 0 saturated carbocycles. The minimum atomic E-state index is -3.68. The van der Waals surface area contributed by atoms with Crippen LogP contribution in [0.1, 0.15) is 15.9 Å². The second-order valence-electron chi connectivity index (χ2n) is 6.72.